The van der Waals surface area contributed by atoms with Gasteiger partial charge in [-0.05, 0) is 31.0 Å². The Hall–Kier alpha value is -1.46. The van der Waals surface area contributed by atoms with Gasteiger partial charge in [-0.3, -0.25) is 9.69 Å². The molecule has 2 rings (SSSR count). The average Bonchev–Trinajstić information content (AvgIpc) is 2.69. The second-order valence-electron chi connectivity index (χ2n) is 5.84. The van der Waals surface area contributed by atoms with E-state index < -0.39 is 0 Å². The molecule has 22 heavy (non-hydrogen) atoms. The molecule has 1 heterocycles. The lowest BCUT2D eigenvalue weighted by Crippen LogP contribution is -2.39. The zero-order valence-electron chi connectivity index (χ0n) is 13.4. The van der Waals surface area contributed by atoms with Crippen molar-refractivity contribution < 1.29 is 13.9 Å². The van der Waals surface area contributed by atoms with Gasteiger partial charge in [0.2, 0.25) is 5.91 Å². The van der Waals surface area contributed by atoms with Crippen LogP contribution in [0.3, 0.4) is 0 Å². The van der Waals surface area contributed by atoms with Gasteiger partial charge in [-0.1, -0.05) is 12.1 Å². The SMILES string of the molecule is COCCN1CCN(C(C)Cc2ccc(F)cc2)CCC1=O. The van der Waals surface area contributed by atoms with Gasteiger partial charge < -0.3 is 9.64 Å². The summed E-state index contributed by atoms with van der Waals surface area (Å²) in [5.41, 5.74) is 1.13. The number of hydrogen-bond donors (Lipinski definition) is 0. The Balaban J connectivity index is 1.89. The maximum absolute atomic E-state index is 13.0. The van der Waals surface area contributed by atoms with E-state index in [1.807, 2.05) is 17.0 Å². The molecule has 1 aromatic carbocycles. The van der Waals surface area contributed by atoms with Crippen LogP contribution in [0.25, 0.3) is 0 Å². The molecule has 0 saturated carbocycles. The van der Waals surface area contributed by atoms with Gasteiger partial charge in [0.15, 0.2) is 0 Å². The first-order chi connectivity index (χ1) is 10.6. The lowest BCUT2D eigenvalue weighted by molar-refractivity contribution is -0.130. The highest BCUT2D eigenvalue weighted by atomic mass is 19.1. The summed E-state index contributed by atoms with van der Waals surface area (Å²) < 4.78 is 18.0. The second kappa shape index (κ2) is 8.25. The molecule has 0 spiro atoms. The van der Waals surface area contributed by atoms with Crippen molar-refractivity contribution in [2.75, 3.05) is 39.9 Å². The molecule has 1 atom stereocenters. The zero-order valence-corrected chi connectivity index (χ0v) is 13.4. The Labute approximate surface area is 131 Å². The van der Waals surface area contributed by atoms with Gasteiger partial charge in [-0.25, -0.2) is 4.39 Å². The number of nitrogens with zero attached hydrogens (tertiary/aromatic N) is 2. The van der Waals surface area contributed by atoms with E-state index in [1.54, 1.807) is 7.11 Å². The Kier molecular flexibility index (Phi) is 6.34. The molecule has 0 radical (unpaired) electrons. The molecule has 0 aliphatic carbocycles. The average molecular weight is 308 g/mol. The monoisotopic (exact) mass is 308 g/mol. The predicted molar refractivity (Wildman–Crippen MR) is 84.2 cm³/mol. The Morgan fingerprint density at radius 1 is 1.23 bits per heavy atom. The first-order valence-corrected chi connectivity index (χ1v) is 7.85. The molecule has 0 aromatic heterocycles. The molecule has 5 heteroatoms. The highest BCUT2D eigenvalue weighted by molar-refractivity contribution is 5.76. The molecule has 4 nitrogen and oxygen atoms in total. The number of amides is 1. The van der Waals surface area contributed by atoms with Crippen LogP contribution >= 0.6 is 0 Å². The van der Waals surface area contributed by atoms with Crippen molar-refractivity contribution in [2.45, 2.75) is 25.8 Å². The predicted octanol–water partition coefficient (Wildman–Crippen LogP) is 1.94. The summed E-state index contributed by atoms with van der Waals surface area (Å²) in [6.45, 7) is 5.81. The summed E-state index contributed by atoms with van der Waals surface area (Å²) in [5, 5.41) is 0. The van der Waals surface area contributed by atoms with E-state index in [1.165, 1.54) is 12.1 Å². The van der Waals surface area contributed by atoms with E-state index in [9.17, 15) is 9.18 Å². The largest absolute Gasteiger partial charge is 0.383 e. The molecule has 1 aliphatic heterocycles. The molecule has 1 saturated heterocycles. The number of carbonyl (C=O) groups is 1. The molecule has 1 fully saturated rings. The third-order valence-electron chi connectivity index (χ3n) is 4.26. The van der Waals surface area contributed by atoms with E-state index in [0.717, 1.165) is 31.6 Å². The maximum atomic E-state index is 13.0. The van der Waals surface area contributed by atoms with E-state index in [0.29, 0.717) is 25.6 Å². The van der Waals surface area contributed by atoms with Crippen LogP contribution in [0.1, 0.15) is 18.9 Å². The Morgan fingerprint density at radius 2 is 1.95 bits per heavy atom. The van der Waals surface area contributed by atoms with Crippen molar-refractivity contribution in [1.29, 1.82) is 0 Å². The van der Waals surface area contributed by atoms with Gasteiger partial charge in [0, 0.05) is 45.8 Å². The fourth-order valence-electron chi connectivity index (χ4n) is 2.85. The number of carbonyl (C=O) groups excluding carboxylic acids is 1. The fourth-order valence-corrected chi connectivity index (χ4v) is 2.85. The summed E-state index contributed by atoms with van der Waals surface area (Å²) in [7, 11) is 1.65. The molecular formula is C17H25FN2O2. The summed E-state index contributed by atoms with van der Waals surface area (Å²) in [4.78, 5) is 16.3. The highest BCUT2D eigenvalue weighted by Crippen LogP contribution is 2.13. The summed E-state index contributed by atoms with van der Waals surface area (Å²) >= 11 is 0. The quantitative estimate of drug-likeness (QED) is 0.805. The number of benzene rings is 1. The van der Waals surface area contributed by atoms with Crippen LogP contribution in [0.4, 0.5) is 4.39 Å². The van der Waals surface area contributed by atoms with Crippen molar-refractivity contribution in [3.8, 4) is 0 Å². The molecule has 1 aliphatic rings. The van der Waals surface area contributed by atoms with Crippen LogP contribution in [0, 0.1) is 5.82 Å². The molecule has 122 valence electrons. The minimum Gasteiger partial charge on any atom is -0.383 e. The smallest absolute Gasteiger partial charge is 0.223 e. The van der Waals surface area contributed by atoms with E-state index in [2.05, 4.69) is 11.8 Å². The first kappa shape index (κ1) is 16.9. The first-order valence-electron chi connectivity index (χ1n) is 7.85. The molecule has 0 N–H and O–H groups in total. The fraction of sp³-hybridized carbons (Fsp3) is 0.588. The maximum Gasteiger partial charge on any atom is 0.223 e. The third-order valence-corrected chi connectivity index (χ3v) is 4.26. The van der Waals surface area contributed by atoms with E-state index in [4.69, 9.17) is 4.74 Å². The molecular weight excluding hydrogens is 283 g/mol. The highest BCUT2D eigenvalue weighted by Gasteiger charge is 2.23. The second-order valence-corrected chi connectivity index (χ2v) is 5.84. The van der Waals surface area contributed by atoms with Crippen molar-refractivity contribution in [2.24, 2.45) is 0 Å². The van der Waals surface area contributed by atoms with Crippen molar-refractivity contribution in [3.63, 3.8) is 0 Å². The molecule has 1 unspecified atom stereocenters. The van der Waals surface area contributed by atoms with Crippen LogP contribution < -0.4 is 0 Å². The lowest BCUT2D eigenvalue weighted by Gasteiger charge is -2.27. The summed E-state index contributed by atoms with van der Waals surface area (Å²) in [6.07, 6.45) is 1.42. The minimum atomic E-state index is -0.203. The number of ether oxygens (including phenoxy) is 1. The molecule has 1 aromatic rings. The van der Waals surface area contributed by atoms with Gasteiger partial charge in [-0.15, -0.1) is 0 Å². The topological polar surface area (TPSA) is 32.8 Å². The van der Waals surface area contributed by atoms with Crippen molar-refractivity contribution >= 4 is 5.91 Å². The zero-order chi connectivity index (χ0) is 15.9. The van der Waals surface area contributed by atoms with E-state index in [-0.39, 0.29) is 11.7 Å². The normalized spacial score (nSPS) is 18.3. The van der Waals surface area contributed by atoms with Crippen molar-refractivity contribution in [3.05, 3.63) is 35.6 Å². The van der Waals surface area contributed by atoms with Crippen molar-refractivity contribution in [1.82, 2.24) is 9.80 Å². The van der Waals surface area contributed by atoms with Gasteiger partial charge in [0.05, 0.1) is 6.61 Å². The van der Waals surface area contributed by atoms with E-state index >= 15 is 0 Å². The number of methoxy groups -OCH3 is 1. The number of halogens is 1. The van der Waals surface area contributed by atoms with Gasteiger partial charge >= 0.3 is 0 Å². The van der Waals surface area contributed by atoms with Gasteiger partial charge in [0.1, 0.15) is 5.82 Å². The molecule has 1 amide bonds. The Morgan fingerprint density at radius 3 is 2.64 bits per heavy atom. The lowest BCUT2D eigenvalue weighted by atomic mass is 10.1. The summed E-state index contributed by atoms with van der Waals surface area (Å²) in [6, 6.07) is 7.00. The van der Waals surface area contributed by atoms with Crippen LogP contribution in [0.2, 0.25) is 0 Å². The third kappa shape index (κ3) is 4.78. The standard InChI is InChI=1S/C17H25FN2O2/c1-14(13-15-3-5-16(18)6-4-15)19-8-7-17(21)20(10-9-19)11-12-22-2/h3-6,14H,7-13H2,1-2H3. The van der Waals surface area contributed by atoms with Crippen LogP contribution in [0.15, 0.2) is 24.3 Å². The number of hydrogen-bond acceptors (Lipinski definition) is 3. The van der Waals surface area contributed by atoms with Gasteiger partial charge in [-0.2, -0.15) is 0 Å². The number of rotatable bonds is 6. The van der Waals surface area contributed by atoms with Crippen LogP contribution in [-0.2, 0) is 16.0 Å². The van der Waals surface area contributed by atoms with Gasteiger partial charge in [0.25, 0.3) is 0 Å². The van der Waals surface area contributed by atoms with Crippen LogP contribution in [-0.4, -0.2) is 61.6 Å². The van der Waals surface area contributed by atoms with Crippen LogP contribution in [0.5, 0.6) is 0 Å². The minimum absolute atomic E-state index is 0.202. The summed E-state index contributed by atoms with van der Waals surface area (Å²) in [5.74, 6) is -0.000843. The molecule has 0 bridgehead atoms. The Bertz CT molecular complexity index is 478.